The number of carbonyl (C=O) groups excluding carboxylic acids is 12. The largest absolute Gasteiger partial charge is 0.478 e. The average Bonchev–Trinajstić information content (AvgIpc) is 1.70. The second-order valence-corrected chi connectivity index (χ2v) is 34.5. The van der Waals surface area contributed by atoms with Crippen molar-refractivity contribution in [3.63, 3.8) is 0 Å². The molecule has 31 nitrogen and oxygen atoms in total. The number of hydrogen-bond donors (Lipinski definition) is 8. The van der Waals surface area contributed by atoms with Gasteiger partial charge in [0.1, 0.15) is 72.3 Å². The zero-order valence-electron chi connectivity index (χ0n) is 70.3. The highest BCUT2D eigenvalue weighted by Crippen LogP contribution is 2.41. The van der Waals surface area contributed by atoms with E-state index in [0.717, 1.165) is 64.7 Å². The Hall–Kier alpha value is -15.1. The van der Waals surface area contributed by atoms with Crippen LogP contribution in [0.3, 0.4) is 0 Å². The Morgan fingerprint density at radius 3 is 1.00 bits per heavy atom. The molecule has 0 unspecified atom stereocenters. The standard InChI is InChI=1S/C25H22N2O5S.2C24H17ClN2O6S.C23H15ClN2O6S/c1-15-5-3-7-18(11-15)26-23(29)13-27-24(30)22(33-25(27)31)12-19-9-10-21(32-19)20-8-4-6-17(14-28)16(20)2;1-13-3-2-4-15(9-13)26-21(28)12-27-22(29)20(34-24(27)32)11-16-6-8-19(33-16)17-10-14(23(30)31)5-7-18(17)25;1-13-3-2-4-15(9-13)26-21(28)12-27-22(29)20(34-24(27)32)11-16-6-8-19(33-16)14-5-7-18(25)17(10-14)23(30)31;24-17-8-6-13(10-16(17)22(29)30)18-9-7-15(32-18)11-19-21(28)26(23(31)33-19)12-20(27)25-14-4-2-1-3-5-14/h3-12,28H,13-14H2,1-2H3,(H,26,29);2*2-11H,12H2,1H3,(H,26,28)(H,30,31);1-11H,12H2,(H,25,27)(H,29,30)/b22-12-;2*20-11-;19-11-. The molecule has 8 aromatic carbocycles. The molecule has 8 heterocycles. The molecule has 678 valence electrons. The number of carbonyl (C=O) groups is 15. The number of amides is 12. The van der Waals surface area contributed by atoms with Crippen molar-refractivity contribution in [3.05, 3.63) is 327 Å². The van der Waals surface area contributed by atoms with Gasteiger partial charge in [0.05, 0.1) is 58.0 Å². The van der Waals surface area contributed by atoms with E-state index in [1.165, 1.54) is 66.8 Å². The number of benzene rings is 8. The zero-order chi connectivity index (χ0) is 95.9. The van der Waals surface area contributed by atoms with E-state index in [1.54, 1.807) is 140 Å². The number of nitrogens with zero attached hydrogens (tertiary/aromatic N) is 4. The maximum atomic E-state index is 12.7. The lowest BCUT2D eigenvalue weighted by molar-refractivity contribution is -0.127. The fraction of sp³-hybridized carbons (Fsp3) is 0.0938. The molecule has 12 amide bonds. The summed E-state index contributed by atoms with van der Waals surface area (Å²) < 4.78 is 23.0. The molecule has 4 aromatic heterocycles. The van der Waals surface area contributed by atoms with Crippen molar-refractivity contribution in [2.75, 3.05) is 47.4 Å². The van der Waals surface area contributed by atoms with Gasteiger partial charge < -0.3 is 59.4 Å². The topological polar surface area (TPSA) is 451 Å². The molecule has 4 fully saturated rings. The average molecular weight is 1940 g/mol. The Balaban J connectivity index is 0.000000152. The fourth-order valence-electron chi connectivity index (χ4n) is 13.1. The quantitative estimate of drug-likeness (QED) is 0.0260. The molecule has 0 bridgehead atoms. The van der Waals surface area contributed by atoms with Crippen molar-refractivity contribution in [2.24, 2.45) is 0 Å². The van der Waals surface area contributed by atoms with Crippen LogP contribution in [0, 0.1) is 27.7 Å². The van der Waals surface area contributed by atoms with E-state index < -0.39 is 106 Å². The maximum absolute atomic E-state index is 12.7. The first-order valence-electron chi connectivity index (χ1n) is 39.7. The third kappa shape index (κ3) is 24.4. The number of imide groups is 4. The van der Waals surface area contributed by atoms with Gasteiger partial charge in [0.25, 0.3) is 44.6 Å². The molecule has 16 rings (SSSR count). The number of nitrogens with one attached hydrogen (secondary N) is 4. The van der Waals surface area contributed by atoms with Gasteiger partial charge in [-0.25, -0.2) is 14.4 Å². The van der Waals surface area contributed by atoms with Crippen molar-refractivity contribution in [1.29, 1.82) is 0 Å². The highest BCUT2D eigenvalue weighted by molar-refractivity contribution is 8.19. The van der Waals surface area contributed by atoms with E-state index >= 15 is 0 Å². The number of halogens is 3. The first-order chi connectivity index (χ1) is 64.1. The van der Waals surface area contributed by atoms with Gasteiger partial charge in [0, 0.05) is 69.3 Å². The number of carboxylic acid groups (broad SMARTS) is 3. The first kappa shape index (κ1) is 96.5. The Morgan fingerprint density at radius 2 is 0.657 bits per heavy atom. The molecule has 4 aliphatic heterocycles. The van der Waals surface area contributed by atoms with E-state index in [1.807, 2.05) is 70.2 Å². The monoisotopic (exact) mass is 1940 g/mol. The van der Waals surface area contributed by atoms with Crippen LogP contribution < -0.4 is 21.3 Å². The lowest BCUT2D eigenvalue weighted by Gasteiger charge is -2.12. The molecule has 8 N–H and O–H groups in total. The number of rotatable bonds is 24. The van der Waals surface area contributed by atoms with E-state index in [-0.39, 0.29) is 76.8 Å². The first-order valence-corrected chi connectivity index (χ1v) is 44.1. The van der Waals surface area contributed by atoms with Crippen molar-refractivity contribution in [3.8, 4) is 45.3 Å². The molecular formula is C96H71Cl3N8O23S4. The second kappa shape index (κ2) is 43.3. The van der Waals surface area contributed by atoms with Crippen molar-refractivity contribution >= 4 is 215 Å². The van der Waals surface area contributed by atoms with Crippen LogP contribution in [-0.4, -0.2) is 152 Å². The number of aryl methyl sites for hydroxylation is 3. The summed E-state index contributed by atoms with van der Waals surface area (Å²) in [6.07, 6.45) is 5.69. The number of aliphatic hydroxyl groups excluding tert-OH is 1. The summed E-state index contributed by atoms with van der Waals surface area (Å²) in [5.41, 5.74) is 9.01. The summed E-state index contributed by atoms with van der Waals surface area (Å²) in [4.78, 5) is 187. The smallest absolute Gasteiger partial charge is 0.337 e. The van der Waals surface area contributed by atoms with Crippen LogP contribution in [0.25, 0.3) is 69.6 Å². The molecule has 0 spiro atoms. The van der Waals surface area contributed by atoms with Crippen LogP contribution in [0.5, 0.6) is 0 Å². The minimum Gasteiger partial charge on any atom is -0.478 e. The highest BCUT2D eigenvalue weighted by Gasteiger charge is 2.41. The predicted molar refractivity (Wildman–Crippen MR) is 508 cm³/mol. The molecular weight excluding hydrogens is 1870 g/mol. The molecule has 4 aliphatic rings. The maximum Gasteiger partial charge on any atom is 0.337 e. The van der Waals surface area contributed by atoms with Gasteiger partial charge in [-0.2, -0.15) is 0 Å². The normalized spacial score (nSPS) is 14.7. The number of aliphatic hydroxyl groups is 1. The van der Waals surface area contributed by atoms with Gasteiger partial charge in [-0.15, -0.1) is 0 Å². The minimum atomic E-state index is -1.17. The van der Waals surface area contributed by atoms with Crippen molar-refractivity contribution < 1.29 is 110 Å². The van der Waals surface area contributed by atoms with Gasteiger partial charge in [-0.05, 0) is 254 Å². The molecule has 0 saturated carbocycles. The predicted octanol–water partition coefficient (Wildman–Crippen LogP) is 20.3. The van der Waals surface area contributed by atoms with Gasteiger partial charge >= 0.3 is 17.9 Å². The third-order valence-corrected chi connectivity index (χ3v) is 24.2. The third-order valence-electron chi connectivity index (χ3n) is 19.6. The SMILES string of the molecule is Cc1cccc(NC(=O)CN2C(=O)S/C(=C\c3ccc(-c4cc(C(=O)O)ccc4Cl)o3)C2=O)c1.Cc1cccc(NC(=O)CN2C(=O)S/C(=C\c3ccc(-c4ccc(Cl)c(C(=O)O)c4)o3)C2=O)c1.Cc1cccc(NC(=O)CN2C(=O)S/C(=C\c3ccc(-c4cccc(CO)c4C)o3)C2=O)c1.O=C(CN1C(=O)S/C(=C\c2ccc(-c3ccc(Cl)c(C(=O)O)c3)o2)C1=O)Nc1ccccc1. The molecule has 12 aromatic rings. The minimum absolute atomic E-state index is 0.0439. The van der Waals surface area contributed by atoms with Crippen molar-refractivity contribution in [1.82, 2.24) is 19.6 Å². The molecule has 4 saturated heterocycles. The van der Waals surface area contributed by atoms with Gasteiger partial charge in [-0.1, -0.05) is 108 Å². The van der Waals surface area contributed by atoms with E-state index in [4.69, 9.17) is 52.5 Å². The fourth-order valence-corrected chi connectivity index (χ4v) is 17.0. The molecule has 38 heteroatoms. The summed E-state index contributed by atoms with van der Waals surface area (Å²) in [5.74, 6) is -4.88. The summed E-state index contributed by atoms with van der Waals surface area (Å²) in [6.45, 7) is 5.88. The number of thioether (sulfide) groups is 4. The van der Waals surface area contributed by atoms with Crippen LogP contribution in [-0.2, 0) is 45.0 Å². The van der Waals surface area contributed by atoms with E-state index in [0.29, 0.717) is 109 Å². The van der Waals surface area contributed by atoms with Gasteiger partial charge in [0.15, 0.2) is 0 Å². The van der Waals surface area contributed by atoms with Crippen LogP contribution >= 0.6 is 81.9 Å². The molecule has 0 atom stereocenters. The van der Waals surface area contributed by atoms with Crippen molar-refractivity contribution in [2.45, 2.75) is 34.3 Å². The van der Waals surface area contributed by atoms with Gasteiger partial charge in [0.2, 0.25) is 23.6 Å². The van der Waals surface area contributed by atoms with Gasteiger partial charge in [-0.3, -0.25) is 77.1 Å². The van der Waals surface area contributed by atoms with Crippen LogP contribution in [0.1, 0.15) is 81.9 Å². The molecule has 0 radical (unpaired) electrons. The number of furan rings is 4. The number of anilines is 4. The lowest BCUT2D eigenvalue weighted by atomic mass is 10.0. The molecule has 0 aliphatic carbocycles. The number of para-hydroxylation sites is 1. The Labute approximate surface area is 792 Å². The summed E-state index contributed by atoms with van der Waals surface area (Å²) in [6, 6.07) is 62.0. The summed E-state index contributed by atoms with van der Waals surface area (Å²) in [7, 11) is 0. The number of aromatic carboxylic acids is 3. The lowest BCUT2D eigenvalue weighted by Crippen LogP contribution is -2.36. The van der Waals surface area contributed by atoms with Crippen LogP contribution in [0.15, 0.2) is 262 Å². The Morgan fingerprint density at radius 1 is 0.336 bits per heavy atom. The van der Waals surface area contributed by atoms with Crippen LogP contribution in [0.4, 0.5) is 41.9 Å². The Kier molecular flexibility index (Phi) is 31.2. The van der Waals surface area contributed by atoms with E-state index in [9.17, 15) is 92.3 Å². The highest BCUT2D eigenvalue weighted by atomic mass is 35.5. The number of hydrogen-bond acceptors (Lipinski definition) is 24. The van der Waals surface area contributed by atoms with Crippen LogP contribution in [0.2, 0.25) is 15.1 Å². The zero-order valence-corrected chi connectivity index (χ0v) is 75.8. The summed E-state index contributed by atoms with van der Waals surface area (Å²) in [5, 5.41) is 46.1. The summed E-state index contributed by atoms with van der Waals surface area (Å²) >= 11 is 20.8. The second-order valence-electron chi connectivity index (χ2n) is 29.3. The Bertz CT molecular complexity index is 6930. The van der Waals surface area contributed by atoms with E-state index in [2.05, 4.69) is 21.3 Å². The molecule has 134 heavy (non-hydrogen) atoms. The number of carboxylic acids is 3.